The van der Waals surface area contributed by atoms with E-state index in [0.717, 1.165) is 29.0 Å². The van der Waals surface area contributed by atoms with Crippen LogP contribution in [0, 0.1) is 11.3 Å². The van der Waals surface area contributed by atoms with Crippen molar-refractivity contribution in [1.29, 1.82) is 0 Å². The molecular weight excluding hydrogens is 823 g/mol. The van der Waals surface area contributed by atoms with Crippen molar-refractivity contribution in [3.63, 3.8) is 0 Å². The first-order chi connectivity index (χ1) is 25.3. The van der Waals surface area contributed by atoms with Gasteiger partial charge in [-0.05, 0) is 6.92 Å². The highest BCUT2D eigenvalue weighted by atomic mass is 32.2. The molecule has 3 rings (SSSR count). The van der Waals surface area contributed by atoms with E-state index in [1.54, 1.807) is 6.92 Å². The van der Waals surface area contributed by atoms with E-state index in [4.69, 9.17) is 15.6 Å². The van der Waals surface area contributed by atoms with Crippen molar-refractivity contribution in [1.82, 2.24) is 30.2 Å². The topological polar surface area (TPSA) is 395 Å². The van der Waals surface area contributed by atoms with Crippen LogP contribution in [0.3, 0.4) is 0 Å². The zero-order valence-electron chi connectivity index (χ0n) is 29.6. The van der Waals surface area contributed by atoms with Crippen LogP contribution in [0.1, 0.15) is 34.1 Å². The molecule has 312 valence electrons. The Bertz CT molecular complexity index is 1830. The Morgan fingerprint density at radius 1 is 1.11 bits per heavy atom. The fourth-order valence-electron chi connectivity index (χ4n) is 4.79. The van der Waals surface area contributed by atoms with Gasteiger partial charge >= 0.3 is 0 Å². The van der Waals surface area contributed by atoms with Gasteiger partial charge in [0.2, 0.25) is 11.8 Å². The van der Waals surface area contributed by atoms with Crippen molar-refractivity contribution < 1.29 is 85.6 Å². The summed E-state index contributed by atoms with van der Waals surface area (Å²) in [7, 11) is -17.7. The predicted octanol–water partition coefficient (Wildman–Crippen LogP) is -4.06. The molecule has 2 aromatic heterocycles. The number of nitrogens with zero attached hydrogens (tertiary/aromatic N) is 4. The van der Waals surface area contributed by atoms with Crippen molar-refractivity contribution in [3.8, 4) is 0 Å². The number of carbonyl (C=O) groups is 3. The minimum Gasteiger partial charge on any atom is -0.790 e. The van der Waals surface area contributed by atoms with Crippen LogP contribution >= 0.6 is 35.2 Å². The second kappa shape index (κ2) is 18.9. The number of nitrogens with two attached hydrogens (primary N) is 1. The molecule has 0 aliphatic carbocycles. The van der Waals surface area contributed by atoms with Gasteiger partial charge in [0.25, 0.3) is 15.6 Å². The van der Waals surface area contributed by atoms with E-state index >= 15 is 0 Å². The van der Waals surface area contributed by atoms with Crippen molar-refractivity contribution in [2.24, 2.45) is 11.3 Å². The lowest BCUT2D eigenvalue weighted by atomic mass is 9.87. The highest BCUT2D eigenvalue weighted by molar-refractivity contribution is 8.13. The number of fused-ring (bicyclic) bond motifs is 1. The Morgan fingerprint density at radius 2 is 1.76 bits per heavy atom. The standard InChI is InChI=1S/C26H44N7O18P3S/c1-14(9-34)24(39)55-8-7-28-16(35)5-6-29-23(38)20(37)25(2,3)11-48-54(45,46)51-53(43,44)47-10-15-18(50-52(40,41)42)19(36)26(4,49-15)33-13-32-17-21(27)30-12-31-22(17)33/h12-15,18-20,34,36-37H,5-11H2,1-4H3,(H,28,35)(H,29,38)(H,43,44)(H,45,46)(H2,27,30,31)(H2,40,41,42)/p-4. The van der Waals surface area contributed by atoms with Gasteiger partial charge in [-0.3, -0.25) is 28.1 Å². The molecule has 0 bridgehead atoms. The minimum atomic E-state index is -5.94. The molecule has 29 heteroatoms. The third-order valence-corrected chi connectivity index (χ3v) is 12.0. The summed E-state index contributed by atoms with van der Waals surface area (Å²) in [4.78, 5) is 95.9. The molecule has 2 amide bonds. The molecule has 7 N–H and O–H groups in total. The number of aromatic nitrogens is 4. The van der Waals surface area contributed by atoms with Crippen LogP contribution in [0.15, 0.2) is 12.7 Å². The number of anilines is 1. The Hall–Kier alpha value is -2.48. The van der Waals surface area contributed by atoms with E-state index in [1.807, 2.05) is 0 Å². The highest BCUT2D eigenvalue weighted by Crippen LogP contribution is 2.56. The van der Waals surface area contributed by atoms with Gasteiger partial charge in [0.05, 0.1) is 34.0 Å². The zero-order chi connectivity index (χ0) is 41.6. The van der Waals surface area contributed by atoms with Crippen LogP contribution in [0.5, 0.6) is 0 Å². The van der Waals surface area contributed by atoms with Crippen molar-refractivity contribution in [2.45, 2.75) is 64.3 Å². The van der Waals surface area contributed by atoms with E-state index in [1.165, 1.54) is 20.8 Å². The molecule has 3 heterocycles. The SMILES string of the molecule is CC(CO)C(=O)SCCNC(=O)CCNC(=O)C(O)C(C)(C)COP(=O)([O-])OP(=O)([O-])OCC1OC(C)(n2cnc3c(N)ncnc32)C(O)C1OP(=O)([O-])[O-]. The number of aliphatic hydroxyl groups is 3. The zero-order valence-corrected chi connectivity index (χ0v) is 33.1. The summed E-state index contributed by atoms with van der Waals surface area (Å²) in [6.07, 6.45) is -6.15. The molecule has 0 saturated carbocycles. The maximum atomic E-state index is 12.5. The van der Waals surface area contributed by atoms with Crippen LogP contribution in [-0.2, 0) is 56.4 Å². The lowest BCUT2D eigenvalue weighted by molar-refractivity contribution is -0.347. The van der Waals surface area contributed by atoms with E-state index in [0.29, 0.717) is 0 Å². The Morgan fingerprint density at radius 3 is 2.40 bits per heavy atom. The van der Waals surface area contributed by atoms with Crippen LogP contribution in [0.2, 0.25) is 0 Å². The largest absolute Gasteiger partial charge is 0.790 e. The number of carbonyl (C=O) groups excluding carboxylic acids is 3. The van der Waals surface area contributed by atoms with Crippen molar-refractivity contribution >= 4 is 69.1 Å². The summed E-state index contributed by atoms with van der Waals surface area (Å²) in [6.45, 7) is 2.36. The van der Waals surface area contributed by atoms with Gasteiger partial charge in [-0.2, -0.15) is 0 Å². The first kappa shape index (κ1) is 46.9. The monoisotopic (exact) mass is 863 g/mol. The van der Waals surface area contributed by atoms with Crippen LogP contribution in [0.25, 0.3) is 11.2 Å². The number of rotatable bonds is 21. The quantitative estimate of drug-likeness (QED) is 0.0513. The minimum absolute atomic E-state index is 0.0305. The van der Waals surface area contributed by atoms with Crippen LogP contribution < -0.4 is 35.9 Å². The molecule has 1 aliphatic heterocycles. The number of aliphatic hydroxyl groups excluding tert-OH is 3. The summed E-state index contributed by atoms with van der Waals surface area (Å²) in [5.74, 6) is -1.92. The smallest absolute Gasteiger partial charge is 0.274 e. The molecule has 2 aromatic rings. The third kappa shape index (κ3) is 13.0. The molecule has 1 fully saturated rings. The molecule has 25 nitrogen and oxygen atoms in total. The van der Waals surface area contributed by atoms with Crippen molar-refractivity contribution in [2.75, 3.05) is 44.4 Å². The molecule has 0 spiro atoms. The fourth-order valence-corrected chi connectivity index (χ4v) is 8.28. The van der Waals surface area contributed by atoms with Crippen molar-refractivity contribution in [3.05, 3.63) is 12.7 Å². The summed E-state index contributed by atoms with van der Waals surface area (Å²) in [6, 6.07) is 0. The number of hydrogen-bond donors (Lipinski definition) is 6. The number of phosphoric acid groups is 3. The summed E-state index contributed by atoms with van der Waals surface area (Å²) in [5.41, 5.74) is 1.99. The molecule has 8 unspecified atom stereocenters. The second-order valence-corrected chi connectivity index (χ2v) is 18.0. The number of phosphoric ester groups is 3. The van der Waals surface area contributed by atoms with E-state index in [2.05, 4.69) is 43.5 Å². The van der Waals surface area contributed by atoms with Gasteiger partial charge in [0.15, 0.2) is 22.3 Å². The summed E-state index contributed by atoms with van der Waals surface area (Å²) < 4.78 is 60.9. The Balaban J connectivity index is 1.54. The van der Waals surface area contributed by atoms with Gasteiger partial charge in [0.1, 0.15) is 36.3 Å². The molecule has 0 aromatic carbocycles. The van der Waals surface area contributed by atoms with Gasteiger partial charge in [0, 0.05) is 36.6 Å². The van der Waals surface area contributed by atoms with Gasteiger partial charge in [-0.1, -0.05) is 32.5 Å². The maximum absolute atomic E-state index is 12.5. The molecule has 0 radical (unpaired) electrons. The number of amides is 2. The fraction of sp³-hybridized carbons (Fsp3) is 0.692. The molecule has 1 aliphatic rings. The number of nitrogen functional groups attached to an aromatic ring is 1. The lowest BCUT2D eigenvalue weighted by Gasteiger charge is -2.36. The van der Waals surface area contributed by atoms with Gasteiger partial charge in [-0.25, -0.2) is 19.3 Å². The van der Waals surface area contributed by atoms with E-state index in [9.17, 15) is 57.9 Å². The molecule has 55 heavy (non-hydrogen) atoms. The lowest BCUT2D eigenvalue weighted by Crippen LogP contribution is -2.46. The Labute approximate surface area is 317 Å². The summed E-state index contributed by atoms with van der Waals surface area (Å²) >= 11 is 0.931. The molecular formula is C26H40N7O18P3S-4. The van der Waals surface area contributed by atoms with Gasteiger partial charge in [-0.15, -0.1) is 0 Å². The number of thioether (sulfide) groups is 1. The number of hydrogen-bond acceptors (Lipinski definition) is 23. The third-order valence-electron chi connectivity index (χ3n) is 7.88. The highest BCUT2D eigenvalue weighted by Gasteiger charge is 2.55. The molecule has 1 saturated heterocycles. The first-order valence-electron chi connectivity index (χ1n) is 16.0. The van der Waals surface area contributed by atoms with Crippen LogP contribution in [-0.4, -0.2) is 115 Å². The summed E-state index contributed by atoms with van der Waals surface area (Å²) in [5, 5.41) is 35.1. The Kier molecular flexibility index (Phi) is 16.1. The number of nitrogens with one attached hydrogen (secondary N) is 2. The predicted molar refractivity (Wildman–Crippen MR) is 179 cm³/mol. The second-order valence-electron chi connectivity index (χ2n) is 12.8. The normalized spacial score (nSPS) is 23.8. The number of imidazole rings is 1. The maximum Gasteiger partial charge on any atom is 0.274 e. The van der Waals surface area contributed by atoms with E-state index < -0.39 is 90.0 Å². The average molecular weight is 864 g/mol. The first-order valence-corrected chi connectivity index (χ1v) is 21.3. The average Bonchev–Trinajstić information content (AvgIpc) is 3.63. The van der Waals surface area contributed by atoms with Gasteiger partial charge < -0.3 is 74.1 Å². The number of ether oxygens (including phenoxy) is 1. The van der Waals surface area contributed by atoms with E-state index in [-0.39, 0.29) is 54.0 Å². The molecule has 8 atom stereocenters. The van der Waals surface area contributed by atoms with Crippen LogP contribution in [0.4, 0.5) is 5.82 Å².